The summed E-state index contributed by atoms with van der Waals surface area (Å²) in [6, 6.07) is 2.27. The zero-order chi connectivity index (χ0) is 12.4. The molecule has 0 spiro atoms. The molecule has 0 bridgehead atoms. The van der Waals surface area contributed by atoms with Gasteiger partial charge in [0.05, 0.1) is 6.26 Å². The maximum atomic E-state index is 11.6. The first-order valence-corrected chi connectivity index (χ1v) is 5.14. The fraction of sp³-hybridized carbons (Fsp3) is 0.167. The van der Waals surface area contributed by atoms with E-state index in [-0.39, 0.29) is 0 Å². The number of hydrogen-bond acceptors (Lipinski definition) is 5. The Morgan fingerprint density at radius 1 is 1.50 bits per heavy atom. The van der Waals surface area contributed by atoms with Crippen LogP contribution in [-0.4, -0.2) is 17.0 Å². The van der Waals surface area contributed by atoms with E-state index in [0.29, 0.717) is 0 Å². The smallest absolute Gasteiger partial charge is 0.434 e. The number of alkyl halides is 3. The zero-order valence-electron chi connectivity index (χ0n) is 7.30. The van der Waals surface area contributed by atoms with E-state index in [1.807, 2.05) is 0 Å². The minimum atomic E-state index is -5.36. The van der Waals surface area contributed by atoms with Crippen LogP contribution in [0.4, 0.5) is 18.0 Å². The summed E-state index contributed by atoms with van der Waals surface area (Å²) < 4.78 is 56.8. The third-order valence-electron chi connectivity index (χ3n) is 1.14. The van der Waals surface area contributed by atoms with E-state index in [0.717, 1.165) is 12.3 Å². The molecule has 1 atom stereocenters. The molecule has 1 aromatic rings. The van der Waals surface area contributed by atoms with E-state index in [9.17, 15) is 22.5 Å². The molecule has 0 aliphatic carbocycles. The van der Waals surface area contributed by atoms with Gasteiger partial charge in [-0.2, -0.15) is 0 Å². The third-order valence-corrected chi connectivity index (χ3v) is 2.12. The quantitative estimate of drug-likeness (QED) is 0.840. The predicted molar refractivity (Wildman–Crippen MR) is 41.7 cm³/mol. The molecule has 0 fully saturated rings. The van der Waals surface area contributed by atoms with Gasteiger partial charge in [0, 0.05) is 6.07 Å². The van der Waals surface area contributed by atoms with Crippen molar-refractivity contribution in [2.45, 2.75) is 6.36 Å². The van der Waals surface area contributed by atoms with Crippen molar-refractivity contribution < 1.29 is 41.1 Å². The Kier molecular flexibility index (Phi) is 3.30. The van der Waals surface area contributed by atoms with Gasteiger partial charge in [-0.15, -0.1) is 13.2 Å². The highest BCUT2D eigenvalue weighted by Crippen LogP contribution is 2.46. The Hall–Kier alpha value is -1.47. The lowest BCUT2D eigenvalue weighted by atomic mass is 10.7. The van der Waals surface area contributed by atoms with Gasteiger partial charge in [-0.1, -0.05) is 0 Å². The normalized spacial score (nSPS) is 15.2. The van der Waals surface area contributed by atoms with Gasteiger partial charge >= 0.3 is 19.7 Å². The summed E-state index contributed by atoms with van der Waals surface area (Å²) in [5.41, 5.74) is -2.43. The summed E-state index contributed by atoms with van der Waals surface area (Å²) in [4.78, 5) is 19.4. The van der Waals surface area contributed by atoms with Crippen molar-refractivity contribution in [3.8, 4) is 5.95 Å². The maximum absolute atomic E-state index is 11.6. The molecule has 0 amide bonds. The van der Waals surface area contributed by atoms with Crippen LogP contribution in [0.2, 0.25) is 0 Å². The van der Waals surface area contributed by atoms with Gasteiger partial charge in [0.1, 0.15) is 0 Å². The predicted octanol–water partition coefficient (Wildman–Crippen LogP) is 2.50. The van der Waals surface area contributed by atoms with Crippen LogP contribution < -0.4 is 4.52 Å². The molecule has 0 saturated carbocycles. The van der Waals surface area contributed by atoms with Crippen LogP contribution in [0.1, 0.15) is 0 Å². The molecule has 90 valence electrons. The minimum absolute atomic E-state index is 0.579. The van der Waals surface area contributed by atoms with Gasteiger partial charge in [-0.25, -0.2) is 9.36 Å². The molecule has 1 unspecified atom stereocenters. The molecular formula is C6H4F3O6P. The Balaban J connectivity index is 2.71. The molecule has 0 aromatic carbocycles. The molecule has 16 heavy (non-hydrogen) atoms. The Bertz CT molecular complexity index is 410. The van der Waals surface area contributed by atoms with Crippen LogP contribution in [0, 0.1) is 0 Å². The number of rotatable bonds is 3. The van der Waals surface area contributed by atoms with Gasteiger partial charge in [-0.05, 0) is 6.07 Å². The van der Waals surface area contributed by atoms with Crippen LogP contribution in [0.5, 0.6) is 5.95 Å². The SMILES string of the molecule is O=C(OC(F)(F)F)P(=O)(O)Oc1ccco1. The summed E-state index contributed by atoms with van der Waals surface area (Å²) in [6.45, 7) is 0. The van der Waals surface area contributed by atoms with E-state index < -0.39 is 25.6 Å². The number of halogens is 3. The van der Waals surface area contributed by atoms with Crippen molar-refractivity contribution in [1.29, 1.82) is 0 Å². The topological polar surface area (TPSA) is 86.0 Å². The fourth-order valence-electron chi connectivity index (χ4n) is 0.631. The average molecular weight is 260 g/mol. The lowest BCUT2D eigenvalue weighted by Gasteiger charge is -2.11. The highest BCUT2D eigenvalue weighted by Gasteiger charge is 2.44. The molecule has 0 aliphatic heterocycles. The standard InChI is InChI=1S/C6H4F3O6P/c7-6(8,9)14-5(10)16(11,12)15-4-2-1-3-13-4/h1-3H,(H,11,12). The van der Waals surface area contributed by atoms with Crippen LogP contribution in [0.25, 0.3) is 0 Å². The summed E-state index contributed by atoms with van der Waals surface area (Å²) in [5.74, 6) is -0.579. The second-order valence-electron chi connectivity index (χ2n) is 2.36. The van der Waals surface area contributed by atoms with Crippen molar-refractivity contribution in [1.82, 2.24) is 0 Å². The first kappa shape index (κ1) is 12.6. The minimum Gasteiger partial charge on any atom is -0.434 e. The highest BCUT2D eigenvalue weighted by molar-refractivity contribution is 7.70. The summed E-state index contributed by atoms with van der Waals surface area (Å²) in [7, 11) is -5.24. The monoisotopic (exact) mass is 260 g/mol. The lowest BCUT2D eigenvalue weighted by Crippen LogP contribution is -2.19. The third kappa shape index (κ3) is 3.59. The molecule has 0 radical (unpaired) electrons. The van der Waals surface area contributed by atoms with E-state index in [4.69, 9.17) is 4.89 Å². The summed E-state index contributed by atoms with van der Waals surface area (Å²) in [5, 5.41) is 0. The second-order valence-corrected chi connectivity index (χ2v) is 3.95. The highest BCUT2D eigenvalue weighted by atomic mass is 31.2. The van der Waals surface area contributed by atoms with Crippen molar-refractivity contribution >= 4 is 13.3 Å². The molecular weight excluding hydrogens is 256 g/mol. The van der Waals surface area contributed by atoms with Crippen LogP contribution in [0.15, 0.2) is 22.8 Å². The Morgan fingerprint density at radius 2 is 2.12 bits per heavy atom. The second kappa shape index (κ2) is 4.18. The molecule has 0 saturated heterocycles. The van der Waals surface area contributed by atoms with Gasteiger partial charge in [0.15, 0.2) is 0 Å². The van der Waals surface area contributed by atoms with Gasteiger partial charge in [-0.3, -0.25) is 0 Å². The first-order chi connectivity index (χ1) is 7.21. The Morgan fingerprint density at radius 3 is 2.56 bits per heavy atom. The number of ether oxygens (including phenoxy) is 1. The largest absolute Gasteiger partial charge is 0.575 e. The van der Waals surface area contributed by atoms with Crippen molar-refractivity contribution in [3.05, 3.63) is 18.4 Å². The van der Waals surface area contributed by atoms with Gasteiger partial charge in [0.2, 0.25) is 0 Å². The number of furan rings is 1. The van der Waals surface area contributed by atoms with Crippen LogP contribution >= 0.6 is 7.60 Å². The van der Waals surface area contributed by atoms with Crippen molar-refractivity contribution in [2.24, 2.45) is 0 Å². The Labute approximate surface area is 86.1 Å². The number of hydrogen-bond donors (Lipinski definition) is 1. The summed E-state index contributed by atoms with van der Waals surface area (Å²) in [6.07, 6.45) is -4.33. The first-order valence-electron chi connectivity index (χ1n) is 3.57. The van der Waals surface area contributed by atoms with E-state index in [2.05, 4.69) is 13.7 Å². The average Bonchev–Trinajstić information content (AvgIpc) is 2.52. The van der Waals surface area contributed by atoms with E-state index in [1.165, 1.54) is 6.07 Å². The molecule has 0 aliphatic rings. The molecule has 1 rings (SSSR count). The maximum Gasteiger partial charge on any atom is 0.575 e. The zero-order valence-corrected chi connectivity index (χ0v) is 8.20. The van der Waals surface area contributed by atoms with Gasteiger partial charge < -0.3 is 18.6 Å². The molecule has 1 N–H and O–H groups in total. The van der Waals surface area contributed by atoms with Crippen LogP contribution in [0.3, 0.4) is 0 Å². The number of carbonyl (C=O) groups excluding carboxylic acids is 1. The fourth-order valence-corrected chi connectivity index (χ4v) is 1.27. The molecule has 10 heteroatoms. The van der Waals surface area contributed by atoms with Crippen LogP contribution in [-0.2, 0) is 9.30 Å². The van der Waals surface area contributed by atoms with Crippen molar-refractivity contribution in [3.63, 3.8) is 0 Å². The van der Waals surface area contributed by atoms with E-state index >= 15 is 0 Å². The van der Waals surface area contributed by atoms with Gasteiger partial charge in [0.25, 0.3) is 5.95 Å². The van der Waals surface area contributed by atoms with Crippen molar-refractivity contribution in [2.75, 3.05) is 0 Å². The molecule has 6 nitrogen and oxygen atoms in total. The molecule has 1 aromatic heterocycles. The number of carbonyl (C=O) groups is 1. The summed E-state index contributed by atoms with van der Waals surface area (Å²) >= 11 is 0. The molecule has 1 heterocycles. The van der Waals surface area contributed by atoms with E-state index in [1.54, 1.807) is 0 Å². The lowest BCUT2D eigenvalue weighted by molar-refractivity contribution is -0.287.